The van der Waals surface area contributed by atoms with Crippen molar-refractivity contribution < 1.29 is 19.4 Å². The van der Waals surface area contributed by atoms with Gasteiger partial charge < -0.3 is 19.7 Å². The minimum atomic E-state index is -0.919. The zero-order chi connectivity index (χ0) is 20.8. The SMILES string of the molecule is Cn1cc(-n2cc(C(=O)NC3C[C@H]4COC[C@@H](C3)N4C(=O)O)c3ccccc32)cn1. The molecule has 2 bridgehead atoms. The fourth-order valence-electron chi connectivity index (χ4n) is 4.72. The van der Waals surface area contributed by atoms with E-state index < -0.39 is 6.09 Å². The second kappa shape index (κ2) is 7.17. The summed E-state index contributed by atoms with van der Waals surface area (Å²) in [7, 11) is 1.85. The first-order chi connectivity index (χ1) is 14.5. The number of hydrogen-bond acceptors (Lipinski definition) is 4. The Labute approximate surface area is 172 Å². The second-order valence-corrected chi connectivity index (χ2v) is 7.98. The highest BCUT2D eigenvalue weighted by molar-refractivity contribution is 6.07. The first kappa shape index (κ1) is 18.7. The van der Waals surface area contributed by atoms with E-state index in [-0.39, 0.29) is 24.0 Å². The van der Waals surface area contributed by atoms with Crippen LogP contribution in [0.25, 0.3) is 16.6 Å². The van der Waals surface area contributed by atoms with E-state index in [0.29, 0.717) is 31.6 Å². The van der Waals surface area contributed by atoms with Gasteiger partial charge in [-0.1, -0.05) is 18.2 Å². The molecule has 156 valence electrons. The monoisotopic (exact) mass is 409 g/mol. The third-order valence-electron chi connectivity index (χ3n) is 6.00. The molecule has 1 aromatic carbocycles. The summed E-state index contributed by atoms with van der Waals surface area (Å²) in [5.41, 5.74) is 2.41. The Morgan fingerprint density at radius 3 is 2.57 bits per heavy atom. The Kier molecular flexibility index (Phi) is 4.47. The number of aromatic nitrogens is 3. The summed E-state index contributed by atoms with van der Waals surface area (Å²) in [6.45, 7) is 0.741. The number of morpholine rings is 1. The molecule has 0 aliphatic carbocycles. The number of aryl methyl sites for hydroxylation is 1. The highest BCUT2D eigenvalue weighted by Gasteiger charge is 2.42. The van der Waals surface area contributed by atoms with Crippen molar-refractivity contribution >= 4 is 22.9 Å². The predicted octanol–water partition coefficient (Wildman–Crippen LogP) is 2.00. The summed E-state index contributed by atoms with van der Waals surface area (Å²) in [5, 5.41) is 17.7. The number of piperidine rings is 1. The normalized spacial score (nSPS) is 23.5. The van der Waals surface area contributed by atoms with E-state index in [1.54, 1.807) is 10.9 Å². The highest BCUT2D eigenvalue weighted by Crippen LogP contribution is 2.29. The number of nitrogens with one attached hydrogen (secondary N) is 1. The minimum absolute atomic E-state index is 0.0903. The number of amides is 2. The molecular weight excluding hydrogens is 386 g/mol. The van der Waals surface area contributed by atoms with Gasteiger partial charge in [-0.15, -0.1) is 0 Å². The van der Waals surface area contributed by atoms with Gasteiger partial charge in [0.05, 0.1) is 48.3 Å². The fraction of sp³-hybridized carbons (Fsp3) is 0.381. The number of benzene rings is 1. The van der Waals surface area contributed by atoms with Crippen molar-refractivity contribution in [3.63, 3.8) is 0 Å². The van der Waals surface area contributed by atoms with Crippen molar-refractivity contribution in [2.45, 2.75) is 31.0 Å². The molecule has 9 nitrogen and oxygen atoms in total. The molecule has 0 spiro atoms. The molecule has 0 saturated carbocycles. The number of para-hydroxylation sites is 1. The van der Waals surface area contributed by atoms with Crippen molar-refractivity contribution in [3.8, 4) is 5.69 Å². The van der Waals surface area contributed by atoms with E-state index in [4.69, 9.17) is 4.74 Å². The lowest BCUT2D eigenvalue weighted by atomic mass is 9.90. The van der Waals surface area contributed by atoms with E-state index in [1.165, 1.54) is 4.90 Å². The lowest BCUT2D eigenvalue weighted by molar-refractivity contribution is -0.0660. The van der Waals surface area contributed by atoms with Gasteiger partial charge in [0, 0.05) is 30.9 Å². The van der Waals surface area contributed by atoms with Gasteiger partial charge in [-0.25, -0.2) is 4.79 Å². The molecule has 0 radical (unpaired) electrons. The van der Waals surface area contributed by atoms with Crippen LogP contribution < -0.4 is 5.32 Å². The topological polar surface area (TPSA) is 102 Å². The molecular formula is C21H23N5O4. The minimum Gasteiger partial charge on any atom is -0.465 e. The fourth-order valence-corrected chi connectivity index (χ4v) is 4.72. The maximum atomic E-state index is 13.2. The summed E-state index contributed by atoms with van der Waals surface area (Å²) >= 11 is 0. The van der Waals surface area contributed by atoms with Gasteiger partial charge in [-0.05, 0) is 18.9 Å². The summed E-state index contributed by atoms with van der Waals surface area (Å²) in [6.07, 6.45) is 5.69. The van der Waals surface area contributed by atoms with Crippen LogP contribution in [-0.2, 0) is 11.8 Å². The molecule has 2 amide bonds. The van der Waals surface area contributed by atoms with Crippen LogP contribution in [0.3, 0.4) is 0 Å². The van der Waals surface area contributed by atoms with Gasteiger partial charge in [0.1, 0.15) is 0 Å². The van der Waals surface area contributed by atoms with Crippen molar-refractivity contribution in [2.75, 3.05) is 13.2 Å². The highest BCUT2D eigenvalue weighted by atomic mass is 16.5. The zero-order valence-corrected chi connectivity index (χ0v) is 16.6. The molecule has 2 aliphatic rings. The number of carbonyl (C=O) groups is 2. The molecule has 3 aromatic rings. The Morgan fingerprint density at radius 2 is 1.90 bits per heavy atom. The van der Waals surface area contributed by atoms with Gasteiger partial charge in [0.15, 0.2) is 0 Å². The number of fused-ring (bicyclic) bond motifs is 3. The van der Waals surface area contributed by atoms with Crippen LogP contribution in [0.2, 0.25) is 0 Å². The van der Waals surface area contributed by atoms with E-state index in [0.717, 1.165) is 16.6 Å². The van der Waals surface area contributed by atoms with Gasteiger partial charge >= 0.3 is 6.09 Å². The maximum absolute atomic E-state index is 13.2. The number of nitrogens with zero attached hydrogens (tertiary/aromatic N) is 4. The number of hydrogen-bond donors (Lipinski definition) is 2. The van der Waals surface area contributed by atoms with Crippen molar-refractivity contribution in [1.29, 1.82) is 0 Å². The van der Waals surface area contributed by atoms with Crippen LogP contribution in [0.15, 0.2) is 42.9 Å². The van der Waals surface area contributed by atoms with E-state index in [9.17, 15) is 14.7 Å². The Balaban J connectivity index is 1.41. The average molecular weight is 409 g/mol. The summed E-state index contributed by atoms with van der Waals surface area (Å²) in [4.78, 5) is 26.3. The molecule has 4 heterocycles. The summed E-state index contributed by atoms with van der Waals surface area (Å²) in [5.74, 6) is -0.151. The predicted molar refractivity (Wildman–Crippen MR) is 109 cm³/mol. The maximum Gasteiger partial charge on any atom is 0.407 e. The number of carbonyl (C=O) groups excluding carboxylic acids is 1. The molecule has 9 heteroatoms. The molecule has 5 rings (SSSR count). The number of ether oxygens (including phenoxy) is 1. The van der Waals surface area contributed by atoms with E-state index in [1.807, 2.05) is 48.3 Å². The third kappa shape index (κ3) is 3.11. The van der Waals surface area contributed by atoms with Crippen molar-refractivity contribution in [2.24, 2.45) is 7.05 Å². The Hall–Kier alpha value is -3.33. The zero-order valence-electron chi connectivity index (χ0n) is 16.6. The molecule has 30 heavy (non-hydrogen) atoms. The third-order valence-corrected chi connectivity index (χ3v) is 6.00. The van der Waals surface area contributed by atoms with Crippen LogP contribution in [0.1, 0.15) is 23.2 Å². The molecule has 1 unspecified atom stereocenters. The second-order valence-electron chi connectivity index (χ2n) is 7.98. The molecule has 2 N–H and O–H groups in total. The van der Waals surface area contributed by atoms with Crippen LogP contribution in [0.5, 0.6) is 0 Å². The van der Waals surface area contributed by atoms with Gasteiger partial charge in [0.2, 0.25) is 0 Å². The lowest BCUT2D eigenvalue weighted by Crippen LogP contribution is -2.62. The first-order valence-electron chi connectivity index (χ1n) is 10.00. The standard InChI is InChI=1S/C21H23N5O4/c1-24-9-16(8-22-24)25-10-18(17-4-2-3-5-19(17)25)20(27)23-13-6-14-11-30-12-15(7-13)26(14)21(28)29/h2-5,8-10,13-15H,6-7,11-12H2,1H3,(H,23,27)(H,28,29)/t13?,14-,15+. The molecule has 2 aliphatic heterocycles. The Morgan fingerprint density at radius 1 is 1.17 bits per heavy atom. The molecule has 3 atom stereocenters. The van der Waals surface area contributed by atoms with Gasteiger partial charge in [-0.3, -0.25) is 14.4 Å². The molecule has 2 fully saturated rings. The van der Waals surface area contributed by atoms with Crippen LogP contribution >= 0.6 is 0 Å². The summed E-state index contributed by atoms with van der Waals surface area (Å²) in [6, 6.07) is 7.24. The van der Waals surface area contributed by atoms with Crippen LogP contribution in [-0.4, -0.2) is 67.7 Å². The smallest absolute Gasteiger partial charge is 0.407 e. The summed E-state index contributed by atoms with van der Waals surface area (Å²) < 4.78 is 9.23. The van der Waals surface area contributed by atoms with Gasteiger partial charge in [-0.2, -0.15) is 5.10 Å². The van der Waals surface area contributed by atoms with Crippen LogP contribution in [0.4, 0.5) is 4.79 Å². The van der Waals surface area contributed by atoms with Crippen LogP contribution in [0, 0.1) is 0 Å². The quantitative estimate of drug-likeness (QED) is 0.689. The molecule has 2 saturated heterocycles. The first-order valence-corrected chi connectivity index (χ1v) is 10.00. The number of carboxylic acid groups (broad SMARTS) is 1. The lowest BCUT2D eigenvalue weighted by Gasteiger charge is -2.46. The van der Waals surface area contributed by atoms with Crippen molar-refractivity contribution in [1.82, 2.24) is 24.6 Å². The Bertz CT molecular complexity index is 1110. The number of rotatable bonds is 3. The average Bonchev–Trinajstić information content (AvgIpc) is 3.30. The van der Waals surface area contributed by atoms with Crippen molar-refractivity contribution in [3.05, 3.63) is 48.4 Å². The largest absolute Gasteiger partial charge is 0.465 e. The van der Waals surface area contributed by atoms with Gasteiger partial charge in [0.25, 0.3) is 5.91 Å². The molecule has 2 aromatic heterocycles. The van der Waals surface area contributed by atoms with E-state index >= 15 is 0 Å². The van der Waals surface area contributed by atoms with E-state index in [2.05, 4.69) is 10.4 Å².